The van der Waals surface area contributed by atoms with Crippen LogP contribution in [0.2, 0.25) is 0 Å². The van der Waals surface area contributed by atoms with Gasteiger partial charge in [0, 0.05) is 32.7 Å². The minimum Gasteiger partial charge on any atom is -0.353 e. The summed E-state index contributed by atoms with van der Waals surface area (Å²) in [7, 11) is 2.15. The molecule has 0 amide bonds. The summed E-state index contributed by atoms with van der Waals surface area (Å²) in [5, 5.41) is 11.5. The van der Waals surface area contributed by atoms with Gasteiger partial charge in [0.25, 0.3) is 0 Å². The summed E-state index contributed by atoms with van der Waals surface area (Å²) in [4.78, 5) is 9.18. The maximum atomic E-state index is 4.59. The van der Waals surface area contributed by atoms with Gasteiger partial charge in [0.05, 0.1) is 6.20 Å². The summed E-state index contributed by atoms with van der Waals surface area (Å²) in [5.74, 6) is 1.54. The van der Waals surface area contributed by atoms with Gasteiger partial charge in [-0.05, 0) is 25.5 Å². The molecule has 1 aromatic carbocycles. The van der Waals surface area contributed by atoms with Crippen molar-refractivity contribution < 1.29 is 0 Å². The summed E-state index contributed by atoms with van der Waals surface area (Å²) in [6.07, 6.45) is 3.85. The highest BCUT2D eigenvalue weighted by atomic mass is 15.3. The van der Waals surface area contributed by atoms with Crippen LogP contribution >= 0.6 is 0 Å². The Morgan fingerprint density at radius 3 is 2.65 bits per heavy atom. The molecule has 1 fully saturated rings. The minimum atomic E-state index is 0.620. The van der Waals surface area contributed by atoms with E-state index >= 15 is 0 Å². The molecular formula is C17H24N6. The number of piperazine rings is 1. The molecule has 122 valence electrons. The van der Waals surface area contributed by atoms with Crippen LogP contribution in [0.4, 0.5) is 11.8 Å². The van der Waals surface area contributed by atoms with Gasteiger partial charge >= 0.3 is 0 Å². The largest absolute Gasteiger partial charge is 0.353 e. The molecule has 1 aromatic heterocycles. The van der Waals surface area contributed by atoms with Crippen LogP contribution in [0, 0.1) is 0 Å². The third kappa shape index (κ3) is 4.63. The topological polar surface area (TPSA) is 57.2 Å². The zero-order valence-electron chi connectivity index (χ0n) is 13.6. The number of hydrogen-bond acceptors (Lipinski definition) is 6. The van der Waals surface area contributed by atoms with E-state index in [-0.39, 0.29) is 0 Å². The summed E-state index contributed by atoms with van der Waals surface area (Å²) >= 11 is 0. The Kier molecular flexibility index (Phi) is 5.37. The predicted molar refractivity (Wildman–Crippen MR) is 92.8 cm³/mol. The lowest BCUT2D eigenvalue weighted by Gasteiger charge is -2.32. The molecular weight excluding hydrogens is 288 g/mol. The van der Waals surface area contributed by atoms with Gasteiger partial charge in [0.1, 0.15) is 0 Å². The fourth-order valence-corrected chi connectivity index (χ4v) is 2.70. The van der Waals surface area contributed by atoms with Crippen molar-refractivity contribution in [3.63, 3.8) is 0 Å². The molecule has 3 rings (SSSR count). The molecule has 0 aliphatic carbocycles. The lowest BCUT2D eigenvalue weighted by atomic mass is 10.1. The van der Waals surface area contributed by atoms with Gasteiger partial charge in [-0.1, -0.05) is 30.3 Å². The highest BCUT2D eigenvalue weighted by Crippen LogP contribution is 2.13. The zero-order valence-corrected chi connectivity index (χ0v) is 13.6. The van der Waals surface area contributed by atoms with E-state index in [1.165, 1.54) is 5.56 Å². The number of likely N-dealkylation sites (N-methyl/N-ethyl adjacent to an activating group) is 1. The van der Waals surface area contributed by atoms with Crippen molar-refractivity contribution >= 4 is 11.8 Å². The van der Waals surface area contributed by atoms with Crippen molar-refractivity contribution in [3.05, 3.63) is 42.1 Å². The summed E-state index contributed by atoms with van der Waals surface area (Å²) in [6, 6.07) is 10.5. The first-order valence-electron chi connectivity index (χ1n) is 8.22. The van der Waals surface area contributed by atoms with Gasteiger partial charge in [-0.3, -0.25) is 0 Å². The van der Waals surface area contributed by atoms with Gasteiger partial charge in [-0.25, -0.2) is 0 Å². The standard InChI is InChI=1S/C17H24N6/c1-22-10-12-23(13-11-22)16-14-19-21-17(20-16)18-9-5-8-15-6-3-2-4-7-15/h2-4,6-7,14H,5,8-13H2,1H3,(H,18,20,21). The zero-order chi connectivity index (χ0) is 15.9. The number of aryl methyl sites for hydroxylation is 1. The monoisotopic (exact) mass is 312 g/mol. The third-order valence-electron chi connectivity index (χ3n) is 4.14. The van der Waals surface area contributed by atoms with Crippen LogP contribution < -0.4 is 10.2 Å². The van der Waals surface area contributed by atoms with E-state index in [1.54, 1.807) is 6.20 Å². The lowest BCUT2D eigenvalue weighted by molar-refractivity contribution is 0.312. The van der Waals surface area contributed by atoms with E-state index in [4.69, 9.17) is 0 Å². The van der Waals surface area contributed by atoms with Crippen molar-refractivity contribution in [3.8, 4) is 0 Å². The van der Waals surface area contributed by atoms with Gasteiger partial charge in [0.2, 0.25) is 5.95 Å². The van der Waals surface area contributed by atoms with E-state index in [0.717, 1.165) is 51.4 Å². The van der Waals surface area contributed by atoms with E-state index in [2.05, 4.69) is 61.6 Å². The van der Waals surface area contributed by atoms with E-state index in [1.807, 2.05) is 6.07 Å². The molecule has 0 atom stereocenters. The SMILES string of the molecule is CN1CCN(c2cnnc(NCCCc3ccccc3)n2)CC1. The first-order valence-corrected chi connectivity index (χ1v) is 8.22. The second kappa shape index (κ2) is 7.87. The maximum Gasteiger partial charge on any atom is 0.244 e. The van der Waals surface area contributed by atoms with Crippen LogP contribution in [0.15, 0.2) is 36.5 Å². The number of aromatic nitrogens is 3. The van der Waals surface area contributed by atoms with Crippen LogP contribution in [-0.4, -0.2) is 59.9 Å². The number of benzene rings is 1. The Morgan fingerprint density at radius 1 is 1.09 bits per heavy atom. The molecule has 0 unspecified atom stereocenters. The number of anilines is 2. The molecule has 2 heterocycles. The quantitative estimate of drug-likeness (QED) is 0.819. The van der Waals surface area contributed by atoms with Crippen LogP contribution in [0.1, 0.15) is 12.0 Å². The second-order valence-corrected chi connectivity index (χ2v) is 5.94. The van der Waals surface area contributed by atoms with Crippen molar-refractivity contribution in [1.82, 2.24) is 20.1 Å². The summed E-state index contributed by atoms with van der Waals surface area (Å²) in [6.45, 7) is 4.95. The average Bonchev–Trinajstić information content (AvgIpc) is 2.61. The van der Waals surface area contributed by atoms with Crippen molar-refractivity contribution in [2.75, 3.05) is 50.0 Å². The first-order chi connectivity index (χ1) is 11.3. The van der Waals surface area contributed by atoms with Crippen molar-refractivity contribution in [1.29, 1.82) is 0 Å². The molecule has 0 bridgehead atoms. The Hall–Kier alpha value is -2.21. The first kappa shape index (κ1) is 15.7. The molecule has 1 aliphatic rings. The molecule has 0 spiro atoms. The minimum absolute atomic E-state index is 0.620. The van der Waals surface area contributed by atoms with Crippen molar-refractivity contribution in [2.24, 2.45) is 0 Å². The Labute approximate surface area is 137 Å². The normalized spacial score (nSPS) is 15.6. The van der Waals surface area contributed by atoms with Gasteiger partial charge in [-0.15, -0.1) is 5.10 Å². The average molecular weight is 312 g/mol. The van der Waals surface area contributed by atoms with E-state index < -0.39 is 0 Å². The third-order valence-corrected chi connectivity index (χ3v) is 4.14. The number of nitrogens with one attached hydrogen (secondary N) is 1. The summed E-state index contributed by atoms with van der Waals surface area (Å²) in [5.41, 5.74) is 1.36. The fraction of sp³-hybridized carbons (Fsp3) is 0.471. The smallest absolute Gasteiger partial charge is 0.244 e. The molecule has 1 saturated heterocycles. The summed E-state index contributed by atoms with van der Waals surface area (Å²) < 4.78 is 0. The van der Waals surface area contributed by atoms with Gasteiger partial charge in [-0.2, -0.15) is 10.1 Å². The highest BCUT2D eigenvalue weighted by molar-refractivity contribution is 5.40. The number of rotatable bonds is 6. The highest BCUT2D eigenvalue weighted by Gasteiger charge is 2.16. The Bertz CT molecular complexity index is 595. The van der Waals surface area contributed by atoms with Crippen molar-refractivity contribution in [2.45, 2.75) is 12.8 Å². The maximum absolute atomic E-state index is 4.59. The van der Waals surface area contributed by atoms with E-state index in [0.29, 0.717) is 5.95 Å². The molecule has 0 saturated carbocycles. The molecule has 2 aromatic rings. The fourth-order valence-electron chi connectivity index (χ4n) is 2.70. The molecule has 1 N–H and O–H groups in total. The molecule has 0 radical (unpaired) electrons. The van der Waals surface area contributed by atoms with Crippen LogP contribution in [0.3, 0.4) is 0 Å². The number of nitrogens with zero attached hydrogens (tertiary/aromatic N) is 5. The van der Waals surface area contributed by atoms with Crippen LogP contribution in [-0.2, 0) is 6.42 Å². The van der Waals surface area contributed by atoms with Crippen LogP contribution in [0.5, 0.6) is 0 Å². The van der Waals surface area contributed by atoms with Gasteiger partial charge in [0.15, 0.2) is 5.82 Å². The molecule has 6 nitrogen and oxygen atoms in total. The predicted octanol–water partition coefficient (Wildman–Crippen LogP) is 1.67. The molecule has 6 heteroatoms. The Balaban J connectivity index is 1.48. The molecule has 23 heavy (non-hydrogen) atoms. The second-order valence-electron chi connectivity index (χ2n) is 5.94. The van der Waals surface area contributed by atoms with Gasteiger partial charge < -0.3 is 15.1 Å². The lowest BCUT2D eigenvalue weighted by Crippen LogP contribution is -2.44. The van der Waals surface area contributed by atoms with E-state index in [9.17, 15) is 0 Å². The Morgan fingerprint density at radius 2 is 1.87 bits per heavy atom. The molecule has 1 aliphatic heterocycles. The number of hydrogen-bond donors (Lipinski definition) is 1. The van der Waals surface area contributed by atoms with Crippen LogP contribution in [0.25, 0.3) is 0 Å².